The molecule has 0 saturated heterocycles. The first-order valence-corrected chi connectivity index (χ1v) is 7.22. The van der Waals surface area contributed by atoms with Crippen molar-refractivity contribution in [3.8, 4) is 0 Å². The van der Waals surface area contributed by atoms with Crippen LogP contribution in [0.25, 0.3) is 11.0 Å². The summed E-state index contributed by atoms with van der Waals surface area (Å²) in [6.07, 6.45) is 0. The third kappa shape index (κ3) is 3.15. The number of rotatable bonds is 1. The molecule has 0 saturated carbocycles. The highest BCUT2D eigenvalue weighted by Crippen LogP contribution is 2.21. The Bertz CT molecular complexity index is 718. The average molecular weight is 285 g/mol. The number of aryl methyl sites for hydroxylation is 4. The summed E-state index contributed by atoms with van der Waals surface area (Å²) < 4.78 is 7.10. The van der Waals surface area contributed by atoms with Gasteiger partial charge in [-0.1, -0.05) is 31.1 Å². The monoisotopic (exact) mass is 285 g/mol. The predicted molar refractivity (Wildman–Crippen MR) is 85.5 cm³/mol. The van der Waals surface area contributed by atoms with E-state index in [4.69, 9.17) is 4.52 Å². The van der Waals surface area contributed by atoms with Gasteiger partial charge in [-0.25, -0.2) is 4.98 Å². The van der Waals surface area contributed by atoms with E-state index in [0.717, 1.165) is 22.8 Å². The lowest BCUT2D eigenvalue weighted by atomic mass is 10.0. The van der Waals surface area contributed by atoms with Gasteiger partial charge in [-0.3, -0.25) is 0 Å². The summed E-state index contributed by atoms with van der Waals surface area (Å²) in [7, 11) is 2.03. The number of hydrogen-bond acceptors (Lipinski definition) is 3. The summed E-state index contributed by atoms with van der Waals surface area (Å²) in [5.74, 6) is 2.53. The fourth-order valence-electron chi connectivity index (χ4n) is 2.58. The van der Waals surface area contributed by atoms with Gasteiger partial charge in [-0.15, -0.1) is 0 Å². The lowest BCUT2D eigenvalue weighted by Crippen LogP contribution is -1.89. The van der Waals surface area contributed by atoms with Crippen LogP contribution in [-0.2, 0) is 7.05 Å². The molecule has 0 bridgehead atoms. The SMILES string of the molecule is Cc1nc2ccccc2n1C.Cc1noc(C)c1C(C)C. The standard InChI is InChI=1S/C9H10N2.C8H13NO/c1-7-10-8-5-3-4-6-9(8)11(7)2;1-5(2)8-6(3)9-10-7(8)4/h3-6H,1-2H3;5H,1-4H3. The summed E-state index contributed by atoms with van der Waals surface area (Å²) >= 11 is 0. The summed E-state index contributed by atoms with van der Waals surface area (Å²) in [4.78, 5) is 4.38. The topological polar surface area (TPSA) is 43.9 Å². The molecule has 3 aromatic rings. The number of imidazole rings is 1. The molecule has 0 fully saturated rings. The van der Waals surface area contributed by atoms with Crippen molar-refractivity contribution in [2.45, 2.75) is 40.5 Å². The van der Waals surface area contributed by atoms with Crippen LogP contribution in [0.15, 0.2) is 28.8 Å². The molecule has 4 nitrogen and oxygen atoms in total. The highest BCUT2D eigenvalue weighted by Gasteiger charge is 2.11. The maximum absolute atomic E-state index is 5.01. The average Bonchev–Trinajstić information content (AvgIpc) is 2.92. The van der Waals surface area contributed by atoms with Crippen LogP contribution in [0, 0.1) is 20.8 Å². The zero-order chi connectivity index (χ0) is 15.6. The minimum Gasteiger partial charge on any atom is -0.361 e. The van der Waals surface area contributed by atoms with Crippen molar-refractivity contribution in [3.63, 3.8) is 0 Å². The number of para-hydroxylation sites is 2. The van der Waals surface area contributed by atoms with Crippen LogP contribution in [0.1, 0.15) is 42.6 Å². The Morgan fingerprint density at radius 2 is 1.76 bits per heavy atom. The molecular weight excluding hydrogens is 262 g/mol. The minimum atomic E-state index is 0.520. The Hall–Kier alpha value is -2.10. The zero-order valence-corrected chi connectivity index (χ0v) is 13.6. The smallest absolute Gasteiger partial charge is 0.137 e. The molecular formula is C17H23N3O. The molecule has 1 aromatic carbocycles. The van der Waals surface area contributed by atoms with E-state index in [1.54, 1.807) is 0 Å². The first-order valence-electron chi connectivity index (χ1n) is 7.22. The van der Waals surface area contributed by atoms with Gasteiger partial charge in [0.15, 0.2) is 0 Å². The van der Waals surface area contributed by atoms with Crippen LogP contribution in [0.2, 0.25) is 0 Å². The van der Waals surface area contributed by atoms with Crippen molar-refractivity contribution in [1.29, 1.82) is 0 Å². The minimum absolute atomic E-state index is 0.520. The second-order valence-electron chi connectivity index (χ2n) is 5.60. The largest absolute Gasteiger partial charge is 0.361 e. The molecule has 0 aliphatic heterocycles. The Morgan fingerprint density at radius 1 is 1.10 bits per heavy atom. The van der Waals surface area contributed by atoms with Gasteiger partial charge in [0.2, 0.25) is 0 Å². The van der Waals surface area contributed by atoms with Crippen LogP contribution in [0.3, 0.4) is 0 Å². The maximum atomic E-state index is 5.01. The molecule has 0 N–H and O–H groups in total. The van der Waals surface area contributed by atoms with Crippen LogP contribution in [0.5, 0.6) is 0 Å². The van der Waals surface area contributed by atoms with Crippen molar-refractivity contribution in [2.75, 3.05) is 0 Å². The van der Waals surface area contributed by atoms with Gasteiger partial charge in [0.05, 0.1) is 16.7 Å². The summed E-state index contributed by atoms with van der Waals surface area (Å²) in [5.41, 5.74) is 4.55. The number of aromatic nitrogens is 3. The van der Waals surface area contributed by atoms with Crippen molar-refractivity contribution in [1.82, 2.24) is 14.7 Å². The lowest BCUT2D eigenvalue weighted by molar-refractivity contribution is 0.392. The molecule has 2 heterocycles. The van der Waals surface area contributed by atoms with Crippen molar-refractivity contribution in [3.05, 3.63) is 47.1 Å². The predicted octanol–water partition coefficient (Wildman–Crippen LogP) is 4.30. The van der Waals surface area contributed by atoms with E-state index in [1.807, 2.05) is 46.0 Å². The quantitative estimate of drug-likeness (QED) is 0.669. The van der Waals surface area contributed by atoms with E-state index in [2.05, 4.69) is 34.6 Å². The van der Waals surface area contributed by atoms with Gasteiger partial charge in [-0.05, 0) is 38.8 Å². The first kappa shape index (κ1) is 15.3. The number of benzene rings is 1. The summed E-state index contributed by atoms with van der Waals surface area (Å²) in [6.45, 7) is 10.2. The normalized spacial score (nSPS) is 10.8. The Morgan fingerprint density at radius 3 is 2.24 bits per heavy atom. The highest BCUT2D eigenvalue weighted by molar-refractivity contribution is 5.75. The van der Waals surface area contributed by atoms with Crippen molar-refractivity contribution >= 4 is 11.0 Å². The summed E-state index contributed by atoms with van der Waals surface area (Å²) in [6, 6.07) is 8.15. The highest BCUT2D eigenvalue weighted by atomic mass is 16.5. The molecule has 112 valence electrons. The fraction of sp³-hybridized carbons (Fsp3) is 0.412. The van der Waals surface area contributed by atoms with Gasteiger partial charge in [0.25, 0.3) is 0 Å². The molecule has 0 spiro atoms. The van der Waals surface area contributed by atoms with Gasteiger partial charge in [0.1, 0.15) is 11.6 Å². The lowest BCUT2D eigenvalue weighted by Gasteiger charge is -2.00. The second-order valence-corrected chi connectivity index (χ2v) is 5.60. The van der Waals surface area contributed by atoms with E-state index in [0.29, 0.717) is 5.92 Å². The number of hydrogen-bond donors (Lipinski definition) is 0. The van der Waals surface area contributed by atoms with E-state index >= 15 is 0 Å². The Kier molecular flexibility index (Phi) is 4.46. The van der Waals surface area contributed by atoms with Gasteiger partial charge in [-0.2, -0.15) is 0 Å². The molecule has 2 aromatic heterocycles. The van der Waals surface area contributed by atoms with Crippen LogP contribution in [-0.4, -0.2) is 14.7 Å². The van der Waals surface area contributed by atoms with Crippen LogP contribution < -0.4 is 0 Å². The number of fused-ring (bicyclic) bond motifs is 1. The van der Waals surface area contributed by atoms with E-state index in [9.17, 15) is 0 Å². The van der Waals surface area contributed by atoms with Crippen LogP contribution >= 0.6 is 0 Å². The van der Waals surface area contributed by atoms with Crippen molar-refractivity contribution in [2.24, 2.45) is 7.05 Å². The molecule has 0 amide bonds. The number of nitrogens with zero attached hydrogens (tertiary/aromatic N) is 3. The first-order chi connectivity index (χ1) is 9.91. The third-order valence-electron chi connectivity index (χ3n) is 3.68. The second kappa shape index (κ2) is 6.12. The molecule has 3 rings (SSSR count). The summed E-state index contributed by atoms with van der Waals surface area (Å²) in [5, 5.41) is 3.86. The molecule has 0 radical (unpaired) electrons. The molecule has 0 atom stereocenters. The van der Waals surface area contributed by atoms with Crippen molar-refractivity contribution < 1.29 is 4.52 Å². The van der Waals surface area contributed by atoms with Gasteiger partial charge in [0, 0.05) is 12.6 Å². The van der Waals surface area contributed by atoms with E-state index in [1.165, 1.54) is 11.1 Å². The Labute approximate surface area is 125 Å². The third-order valence-corrected chi connectivity index (χ3v) is 3.68. The molecule has 0 aliphatic carbocycles. The van der Waals surface area contributed by atoms with Crippen LogP contribution in [0.4, 0.5) is 0 Å². The van der Waals surface area contributed by atoms with Gasteiger partial charge < -0.3 is 9.09 Å². The zero-order valence-electron chi connectivity index (χ0n) is 13.6. The Balaban J connectivity index is 0.000000155. The molecule has 21 heavy (non-hydrogen) atoms. The molecule has 0 unspecified atom stereocenters. The van der Waals surface area contributed by atoms with E-state index in [-0.39, 0.29) is 0 Å². The van der Waals surface area contributed by atoms with Gasteiger partial charge >= 0.3 is 0 Å². The maximum Gasteiger partial charge on any atom is 0.137 e. The molecule has 0 aliphatic rings. The molecule has 4 heteroatoms. The van der Waals surface area contributed by atoms with E-state index < -0.39 is 0 Å². The fourth-order valence-corrected chi connectivity index (χ4v) is 2.58.